The highest BCUT2D eigenvalue weighted by Crippen LogP contribution is 2.40. The fraction of sp³-hybridized carbons (Fsp3) is 0.643. The van der Waals surface area contributed by atoms with Crippen LogP contribution in [0.4, 0.5) is 5.82 Å². The van der Waals surface area contributed by atoms with Gasteiger partial charge in [0.15, 0.2) is 10.8 Å². The number of fused-ring (bicyclic) bond motifs is 2. The quantitative estimate of drug-likeness (QED) is 0.934. The van der Waals surface area contributed by atoms with Gasteiger partial charge in [0.1, 0.15) is 0 Å². The van der Waals surface area contributed by atoms with Gasteiger partial charge in [0.05, 0.1) is 5.69 Å². The minimum Gasteiger partial charge on any atom is -0.354 e. The molecule has 0 radical (unpaired) electrons. The van der Waals surface area contributed by atoms with Gasteiger partial charge < -0.3 is 10.2 Å². The molecule has 1 saturated carbocycles. The second-order valence-corrected chi connectivity index (χ2v) is 6.70. The number of hydrogen-bond acceptors (Lipinski definition) is 4. The number of anilines is 1. The van der Waals surface area contributed by atoms with Crippen LogP contribution in [0.25, 0.3) is 4.96 Å². The molecule has 0 amide bonds. The minimum absolute atomic E-state index is 0.888. The van der Waals surface area contributed by atoms with Crippen molar-refractivity contribution in [2.24, 2.45) is 11.8 Å². The van der Waals surface area contributed by atoms with E-state index in [0.717, 1.165) is 23.3 Å². The van der Waals surface area contributed by atoms with E-state index >= 15 is 0 Å². The van der Waals surface area contributed by atoms with E-state index in [0.29, 0.717) is 0 Å². The Bertz CT molecular complexity index is 575. The van der Waals surface area contributed by atoms with Crippen molar-refractivity contribution >= 4 is 22.1 Å². The van der Waals surface area contributed by atoms with Gasteiger partial charge >= 0.3 is 0 Å². The van der Waals surface area contributed by atoms with Crippen molar-refractivity contribution < 1.29 is 0 Å². The monoisotopic (exact) mass is 276 g/mol. The first-order valence-corrected chi connectivity index (χ1v) is 8.08. The summed E-state index contributed by atoms with van der Waals surface area (Å²) < 4.78 is 2.24. The van der Waals surface area contributed by atoms with E-state index in [-0.39, 0.29) is 0 Å². The van der Waals surface area contributed by atoms with Gasteiger partial charge in [0, 0.05) is 31.2 Å². The second kappa shape index (κ2) is 4.49. The molecule has 2 aromatic rings. The Kier molecular flexibility index (Phi) is 2.77. The molecule has 102 valence electrons. The molecule has 0 spiro atoms. The zero-order valence-electron chi connectivity index (χ0n) is 11.3. The van der Waals surface area contributed by atoms with Crippen LogP contribution >= 0.6 is 11.3 Å². The molecule has 1 N–H and O–H groups in total. The van der Waals surface area contributed by atoms with Crippen LogP contribution in [0.5, 0.6) is 0 Å². The first kappa shape index (κ1) is 11.7. The molecular formula is C14H20N4S. The molecule has 4 nitrogen and oxygen atoms in total. The van der Waals surface area contributed by atoms with Crippen molar-refractivity contribution in [3.8, 4) is 0 Å². The highest BCUT2D eigenvalue weighted by molar-refractivity contribution is 7.15. The second-order valence-electron chi connectivity index (χ2n) is 5.82. The van der Waals surface area contributed by atoms with Gasteiger partial charge in [-0.15, -0.1) is 11.3 Å². The lowest BCUT2D eigenvalue weighted by molar-refractivity contribution is 0.494. The summed E-state index contributed by atoms with van der Waals surface area (Å²) in [5, 5.41) is 5.40. The maximum Gasteiger partial charge on any atom is 0.195 e. The molecular weight excluding hydrogens is 256 g/mol. The van der Waals surface area contributed by atoms with Gasteiger partial charge in [-0.1, -0.05) is 6.42 Å². The van der Waals surface area contributed by atoms with Crippen LogP contribution in [-0.4, -0.2) is 29.5 Å². The Morgan fingerprint density at radius 3 is 2.89 bits per heavy atom. The van der Waals surface area contributed by atoms with E-state index < -0.39 is 0 Å². The van der Waals surface area contributed by atoms with Crippen molar-refractivity contribution in [3.05, 3.63) is 17.3 Å². The van der Waals surface area contributed by atoms with Crippen LogP contribution < -0.4 is 10.2 Å². The first-order valence-electron chi connectivity index (χ1n) is 7.21. The van der Waals surface area contributed by atoms with E-state index in [1.807, 2.05) is 7.05 Å². The van der Waals surface area contributed by atoms with Gasteiger partial charge in [0.25, 0.3) is 0 Å². The fourth-order valence-corrected chi connectivity index (χ4v) is 4.54. The van der Waals surface area contributed by atoms with E-state index in [1.165, 1.54) is 43.9 Å². The molecule has 2 fully saturated rings. The molecule has 5 heteroatoms. The number of thiazole rings is 1. The molecule has 19 heavy (non-hydrogen) atoms. The summed E-state index contributed by atoms with van der Waals surface area (Å²) in [6.45, 7) is 3.32. The Labute approximate surface area is 117 Å². The number of nitrogens with one attached hydrogen (secondary N) is 1. The lowest BCUT2D eigenvalue weighted by Gasteiger charge is -2.18. The van der Waals surface area contributed by atoms with Crippen molar-refractivity contribution in [2.45, 2.75) is 25.8 Å². The molecule has 2 aromatic heterocycles. The zero-order chi connectivity index (χ0) is 12.8. The number of hydrogen-bond donors (Lipinski definition) is 1. The summed E-state index contributed by atoms with van der Waals surface area (Å²) in [5.74, 6) is 3.06. The third-order valence-corrected chi connectivity index (χ3v) is 5.47. The number of nitrogens with zero attached hydrogens (tertiary/aromatic N) is 3. The minimum atomic E-state index is 0.888. The van der Waals surface area contributed by atoms with E-state index in [4.69, 9.17) is 4.98 Å². The zero-order valence-corrected chi connectivity index (χ0v) is 12.1. The van der Waals surface area contributed by atoms with Crippen LogP contribution in [0.15, 0.2) is 11.6 Å². The van der Waals surface area contributed by atoms with Gasteiger partial charge in [-0.05, 0) is 31.7 Å². The standard InChI is InChI=1S/C14H20N4S/c1-15-7-12-13(16-14-18(12)5-6-19-14)17-8-10-3-2-4-11(10)9-17/h5-6,10-11,15H,2-4,7-9H2,1H3. The molecule has 1 saturated heterocycles. The van der Waals surface area contributed by atoms with Gasteiger partial charge in [-0.25, -0.2) is 4.98 Å². The summed E-state index contributed by atoms with van der Waals surface area (Å²) in [6.07, 6.45) is 6.42. The average molecular weight is 276 g/mol. The molecule has 2 aliphatic rings. The average Bonchev–Trinajstić information content (AvgIpc) is 3.07. The van der Waals surface area contributed by atoms with Crippen molar-refractivity contribution in [1.82, 2.24) is 14.7 Å². The highest BCUT2D eigenvalue weighted by atomic mass is 32.1. The molecule has 4 rings (SSSR count). The largest absolute Gasteiger partial charge is 0.354 e. The molecule has 2 atom stereocenters. The van der Waals surface area contributed by atoms with Crippen LogP contribution in [0.3, 0.4) is 0 Å². The predicted molar refractivity (Wildman–Crippen MR) is 78.9 cm³/mol. The Hall–Kier alpha value is -1.07. The summed E-state index contributed by atoms with van der Waals surface area (Å²) in [6, 6.07) is 0. The number of aromatic nitrogens is 2. The van der Waals surface area contributed by atoms with Crippen LogP contribution in [0.1, 0.15) is 25.0 Å². The SMILES string of the molecule is CNCc1c(N2CC3CCCC3C2)nc2sccn12. The third-order valence-electron chi connectivity index (χ3n) is 4.71. The third kappa shape index (κ3) is 1.79. The number of imidazole rings is 1. The topological polar surface area (TPSA) is 32.6 Å². The van der Waals surface area contributed by atoms with E-state index in [1.54, 1.807) is 11.3 Å². The maximum atomic E-state index is 4.87. The van der Waals surface area contributed by atoms with Crippen LogP contribution in [0, 0.1) is 11.8 Å². The summed E-state index contributed by atoms with van der Waals surface area (Å²) >= 11 is 1.73. The van der Waals surface area contributed by atoms with E-state index in [2.05, 4.69) is 26.2 Å². The summed E-state index contributed by atoms with van der Waals surface area (Å²) in [5.41, 5.74) is 1.32. The molecule has 2 unspecified atom stereocenters. The van der Waals surface area contributed by atoms with Crippen LogP contribution in [-0.2, 0) is 6.54 Å². The Morgan fingerprint density at radius 1 is 1.37 bits per heavy atom. The molecule has 0 bridgehead atoms. The Balaban J connectivity index is 1.70. The lowest BCUT2D eigenvalue weighted by Crippen LogP contribution is -2.23. The smallest absolute Gasteiger partial charge is 0.195 e. The number of rotatable bonds is 3. The van der Waals surface area contributed by atoms with E-state index in [9.17, 15) is 0 Å². The van der Waals surface area contributed by atoms with Crippen LogP contribution in [0.2, 0.25) is 0 Å². The molecule has 1 aliphatic heterocycles. The van der Waals surface area contributed by atoms with Gasteiger partial charge in [-0.3, -0.25) is 4.40 Å². The molecule has 3 heterocycles. The summed E-state index contributed by atoms with van der Waals surface area (Å²) in [4.78, 5) is 8.52. The highest BCUT2D eigenvalue weighted by Gasteiger charge is 2.37. The van der Waals surface area contributed by atoms with Crippen molar-refractivity contribution in [1.29, 1.82) is 0 Å². The van der Waals surface area contributed by atoms with Gasteiger partial charge in [-0.2, -0.15) is 0 Å². The van der Waals surface area contributed by atoms with Crippen molar-refractivity contribution in [3.63, 3.8) is 0 Å². The fourth-order valence-electron chi connectivity index (χ4n) is 3.81. The normalized spacial score (nSPS) is 26.5. The first-order chi connectivity index (χ1) is 9.36. The van der Waals surface area contributed by atoms with Gasteiger partial charge in [0.2, 0.25) is 0 Å². The molecule has 0 aromatic carbocycles. The Morgan fingerprint density at radius 2 is 2.16 bits per heavy atom. The predicted octanol–water partition coefficient (Wildman–Crippen LogP) is 2.35. The summed E-state index contributed by atoms with van der Waals surface area (Å²) in [7, 11) is 2.01. The maximum absolute atomic E-state index is 4.87. The van der Waals surface area contributed by atoms with Crippen molar-refractivity contribution in [2.75, 3.05) is 25.0 Å². The molecule has 1 aliphatic carbocycles. The lowest BCUT2D eigenvalue weighted by atomic mass is 10.0.